The third-order valence-electron chi connectivity index (χ3n) is 6.06. The van der Waals surface area contributed by atoms with Crippen LogP contribution in [0.3, 0.4) is 0 Å². The Kier molecular flexibility index (Phi) is 4.47. The Bertz CT molecular complexity index is 832. The highest BCUT2D eigenvalue weighted by Gasteiger charge is 2.39. The van der Waals surface area contributed by atoms with Crippen molar-refractivity contribution < 1.29 is 5.11 Å². The molecule has 1 saturated carbocycles. The Morgan fingerprint density at radius 2 is 2.00 bits per heavy atom. The quantitative estimate of drug-likeness (QED) is 0.744. The average molecular weight is 357 g/mol. The summed E-state index contributed by atoms with van der Waals surface area (Å²) in [5.74, 6) is 1.68. The molecule has 1 fully saturated rings. The standard InChI is InChI=1S/C21H25ClN2O/c1-12-14-8-13(4-2-3-7-25)9-15(10-14)19-20(23)17-6-5-16(22)11-18(17)24-21(12)19/h5-6,11,13-15,25H,1-4,7-10H2,(H2,23,24). The van der Waals surface area contributed by atoms with Gasteiger partial charge in [0.25, 0.3) is 0 Å². The molecule has 2 aliphatic carbocycles. The summed E-state index contributed by atoms with van der Waals surface area (Å²) in [6.07, 6.45) is 6.70. The number of nitrogens with two attached hydrogens (primary N) is 1. The maximum atomic E-state index is 9.04. The van der Waals surface area contributed by atoms with E-state index in [1.807, 2.05) is 18.2 Å². The van der Waals surface area contributed by atoms with Crippen molar-refractivity contribution in [3.05, 3.63) is 41.1 Å². The summed E-state index contributed by atoms with van der Waals surface area (Å²) >= 11 is 6.14. The number of nitrogen functional groups attached to an aromatic ring is 1. The van der Waals surface area contributed by atoms with Gasteiger partial charge in [0.1, 0.15) is 0 Å². The van der Waals surface area contributed by atoms with Crippen molar-refractivity contribution in [2.75, 3.05) is 12.3 Å². The van der Waals surface area contributed by atoms with E-state index in [0.29, 0.717) is 29.4 Å². The molecule has 1 aromatic carbocycles. The van der Waals surface area contributed by atoms with E-state index in [9.17, 15) is 0 Å². The number of hydrogen-bond acceptors (Lipinski definition) is 3. The molecule has 1 aromatic heterocycles. The summed E-state index contributed by atoms with van der Waals surface area (Å²) in [5, 5.41) is 10.7. The molecular formula is C21H25ClN2O. The van der Waals surface area contributed by atoms with Crippen LogP contribution in [0.5, 0.6) is 0 Å². The van der Waals surface area contributed by atoms with Gasteiger partial charge in [-0.15, -0.1) is 0 Å². The van der Waals surface area contributed by atoms with E-state index in [1.54, 1.807) is 0 Å². The molecule has 1 heterocycles. The minimum absolute atomic E-state index is 0.292. The number of pyridine rings is 1. The highest BCUT2D eigenvalue weighted by Crippen LogP contribution is 2.53. The van der Waals surface area contributed by atoms with Gasteiger partial charge >= 0.3 is 0 Å². The molecule has 0 aliphatic heterocycles. The molecule has 0 amide bonds. The van der Waals surface area contributed by atoms with Gasteiger partial charge in [0.2, 0.25) is 0 Å². The Labute approximate surface area is 153 Å². The van der Waals surface area contributed by atoms with E-state index < -0.39 is 0 Å². The topological polar surface area (TPSA) is 59.1 Å². The molecule has 3 N–H and O–H groups in total. The van der Waals surface area contributed by atoms with Gasteiger partial charge in [-0.05, 0) is 67.2 Å². The van der Waals surface area contributed by atoms with Gasteiger partial charge < -0.3 is 10.8 Å². The molecule has 2 aliphatic rings. The Morgan fingerprint density at radius 3 is 2.80 bits per heavy atom. The number of nitrogens with zero attached hydrogens (tertiary/aromatic N) is 1. The Hall–Kier alpha value is -1.58. The number of anilines is 1. The maximum Gasteiger partial charge on any atom is 0.0745 e. The number of aliphatic hydroxyl groups is 1. The molecule has 2 bridgehead atoms. The van der Waals surface area contributed by atoms with E-state index >= 15 is 0 Å². The first-order valence-corrected chi connectivity index (χ1v) is 9.65. The molecule has 3 atom stereocenters. The highest BCUT2D eigenvalue weighted by molar-refractivity contribution is 6.31. The number of halogens is 1. The molecule has 3 nitrogen and oxygen atoms in total. The average Bonchev–Trinajstić information content (AvgIpc) is 2.59. The summed E-state index contributed by atoms with van der Waals surface area (Å²) in [4.78, 5) is 4.90. The predicted molar refractivity (Wildman–Crippen MR) is 105 cm³/mol. The summed E-state index contributed by atoms with van der Waals surface area (Å²) in [7, 11) is 0. The Morgan fingerprint density at radius 1 is 1.20 bits per heavy atom. The van der Waals surface area contributed by atoms with Crippen LogP contribution in [0.25, 0.3) is 16.5 Å². The minimum Gasteiger partial charge on any atom is -0.398 e. The van der Waals surface area contributed by atoms with Crippen LogP contribution in [-0.4, -0.2) is 16.7 Å². The molecular weight excluding hydrogens is 332 g/mol. The second kappa shape index (κ2) is 6.62. The molecule has 4 heteroatoms. The van der Waals surface area contributed by atoms with Crippen LogP contribution in [0, 0.1) is 11.8 Å². The number of allylic oxidation sites excluding steroid dienone is 1. The van der Waals surface area contributed by atoms with Crippen molar-refractivity contribution in [2.45, 2.75) is 44.4 Å². The second-order valence-corrected chi connectivity index (χ2v) is 8.10. The van der Waals surface area contributed by atoms with E-state index in [-0.39, 0.29) is 0 Å². The first kappa shape index (κ1) is 16.9. The SMILES string of the molecule is C=C1c2nc3cc(Cl)ccc3c(N)c2C2CC(CCCCO)CC1C2. The van der Waals surface area contributed by atoms with Gasteiger partial charge in [0, 0.05) is 28.3 Å². The summed E-state index contributed by atoms with van der Waals surface area (Å²) in [6.45, 7) is 4.68. The fraction of sp³-hybridized carbons (Fsp3) is 0.476. The first-order chi connectivity index (χ1) is 12.1. The normalized spacial score (nSPS) is 25.2. The molecule has 3 unspecified atom stereocenters. The van der Waals surface area contributed by atoms with Crippen molar-refractivity contribution >= 4 is 33.8 Å². The zero-order valence-corrected chi connectivity index (χ0v) is 15.2. The van der Waals surface area contributed by atoms with Crippen LogP contribution >= 0.6 is 11.6 Å². The molecule has 0 spiro atoms. The van der Waals surface area contributed by atoms with Gasteiger partial charge in [-0.25, -0.2) is 4.98 Å². The number of aliphatic hydroxyl groups excluding tert-OH is 1. The van der Waals surface area contributed by atoms with Gasteiger partial charge in [0.15, 0.2) is 0 Å². The van der Waals surface area contributed by atoms with Crippen molar-refractivity contribution in [2.24, 2.45) is 11.8 Å². The molecule has 2 aromatic rings. The van der Waals surface area contributed by atoms with Crippen LogP contribution in [0.2, 0.25) is 5.02 Å². The van der Waals surface area contributed by atoms with Crippen LogP contribution in [0.15, 0.2) is 24.8 Å². The van der Waals surface area contributed by atoms with Gasteiger partial charge in [-0.3, -0.25) is 0 Å². The number of benzene rings is 1. The first-order valence-electron chi connectivity index (χ1n) is 9.27. The smallest absolute Gasteiger partial charge is 0.0745 e. The largest absolute Gasteiger partial charge is 0.398 e. The van der Waals surface area contributed by atoms with Gasteiger partial charge in [-0.1, -0.05) is 31.0 Å². The highest BCUT2D eigenvalue weighted by atomic mass is 35.5. The zero-order valence-electron chi connectivity index (χ0n) is 14.5. The molecule has 25 heavy (non-hydrogen) atoms. The summed E-state index contributed by atoms with van der Waals surface area (Å²) in [6, 6.07) is 5.76. The van der Waals surface area contributed by atoms with E-state index in [4.69, 9.17) is 27.4 Å². The maximum absolute atomic E-state index is 9.04. The molecule has 132 valence electrons. The second-order valence-electron chi connectivity index (χ2n) is 7.66. The lowest BCUT2D eigenvalue weighted by atomic mass is 9.64. The summed E-state index contributed by atoms with van der Waals surface area (Å²) in [5.41, 5.74) is 11.7. The van der Waals surface area contributed by atoms with Crippen molar-refractivity contribution in [3.8, 4) is 0 Å². The lowest BCUT2D eigenvalue weighted by Gasteiger charge is -2.42. The number of rotatable bonds is 4. The third-order valence-corrected chi connectivity index (χ3v) is 6.29. The lowest BCUT2D eigenvalue weighted by Crippen LogP contribution is -2.29. The molecule has 0 saturated heterocycles. The summed E-state index contributed by atoms with van der Waals surface area (Å²) < 4.78 is 0. The fourth-order valence-electron chi connectivity index (χ4n) is 4.87. The van der Waals surface area contributed by atoms with E-state index in [0.717, 1.165) is 47.1 Å². The van der Waals surface area contributed by atoms with E-state index in [1.165, 1.54) is 24.8 Å². The minimum atomic E-state index is 0.292. The number of unbranched alkanes of at least 4 members (excludes halogenated alkanes) is 1. The lowest BCUT2D eigenvalue weighted by molar-refractivity contribution is 0.237. The zero-order chi connectivity index (χ0) is 17.6. The van der Waals surface area contributed by atoms with Crippen molar-refractivity contribution in [3.63, 3.8) is 0 Å². The van der Waals surface area contributed by atoms with Gasteiger partial charge in [-0.2, -0.15) is 0 Å². The Balaban J connectivity index is 1.74. The van der Waals surface area contributed by atoms with Crippen LogP contribution in [-0.2, 0) is 0 Å². The fourth-order valence-corrected chi connectivity index (χ4v) is 5.03. The van der Waals surface area contributed by atoms with Crippen LogP contribution < -0.4 is 5.73 Å². The predicted octanol–water partition coefficient (Wildman–Crippen LogP) is 5.16. The number of hydrogen-bond donors (Lipinski definition) is 2. The van der Waals surface area contributed by atoms with Crippen LogP contribution in [0.4, 0.5) is 5.69 Å². The van der Waals surface area contributed by atoms with Crippen LogP contribution in [0.1, 0.15) is 55.7 Å². The third kappa shape index (κ3) is 2.94. The monoisotopic (exact) mass is 356 g/mol. The van der Waals surface area contributed by atoms with Crippen molar-refractivity contribution in [1.82, 2.24) is 4.98 Å². The van der Waals surface area contributed by atoms with Crippen molar-refractivity contribution in [1.29, 1.82) is 0 Å². The number of aromatic nitrogens is 1. The number of fused-ring (bicyclic) bond motifs is 5. The molecule has 4 rings (SSSR count). The van der Waals surface area contributed by atoms with Gasteiger partial charge in [0.05, 0.1) is 11.2 Å². The van der Waals surface area contributed by atoms with E-state index in [2.05, 4.69) is 6.58 Å². The molecule has 0 radical (unpaired) electrons.